The maximum absolute atomic E-state index is 12.9. The Morgan fingerprint density at radius 1 is 1.30 bits per heavy atom. The summed E-state index contributed by atoms with van der Waals surface area (Å²) in [4.78, 5) is 14.9. The molecule has 1 aliphatic carbocycles. The van der Waals surface area contributed by atoms with E-state index in [-0.39, 0.29) is 5.91 Å². The van der Waals surface area contributed by atoms with Crippen molar-refractivity contribution in [2.45, 2.75) is 46.6 Å². The maximum Gasteiger partial charge on any atom is 0.270 e. The zero-order valence-electron chi connectivity index (χ0n) is 12.9. The van der Waals surface area contributed by atoms with Crippen LogP contribution in [0.3, 0.4) is 0 Å². The van der Waals surface area contributed by atoms with Crippen molar-refractivity contribution < 1.29 is 4.79 Å². The van der Waals surface area contributed by atoms with E-state index >= 15 is 0 Å². The second kappa shape index (κ2) is 6.33. The van der Waals surface area contributed by atoms with Crippen LogP contribution in [0.25, 0.3) is 0 Å². The van der Waals surface area contributed by atoms with Gasteiger partial charge < -0.3 is 9.47 Å². The minimum Gasteiger partial charge on any atom is -0.339 e. The summed E-state index contributed by atoms with van der Waals surface area (Å²) in [5.41, 5.74) is 0.834. The molecule has 0 spiro atoms. The van der Waals surface area contributed by atoms with Gasteiger partial charge in [-0.25, -0.2) is 0 Å². The van der Waals surface area contributed by atoms with E-state index in [2.05, 4.69) is 48.2 Å². The zero-order chi connectivity index (χ0) is 14.9. The fourth-order valence-corrected chi connectivity index (χ4v) is 2.99. The standard InChI is InChI=1S/C16H25BrN2O/c1-11(2)8-18(9-12(3)4)16(20)15-7-13(17)10-19(15)14-5-6-14/h7,10-12,14H,5-6,8-9H2,1-4H3. The average molecular weight is 341 g/mol. The van der Waals surface area contributed by atoms with Gasteiger partial charge in [0.15, 0.2) is 0 Å². The molecule has 3 nitrogen and oxygen atoms in total. The molecule has 20 heavy (non-hydrogen) atoms. The molecule has 0 bridgehead atoms. The molecule has 1 aliphatic rings. The van der Waals surface area contributed by atoms with E-state index in [1.165, 1.54) is 12.8 Å². The number of carbonyl (C=O) groups is 1. The van der Waals surface area contributed by atoms with Crippen LogP contribution in [0.1, 0.15) is 57.1 Å². The summed E-state index contributed by atoms with van der Waals surface area (Å²) >= 11 is 3.51. The van der Waals surface area contributed by atoms with Crippen LogP contribution in [-0.2, 0) is 0 Å². The summed E-state index contributed by atoms with van der Waals surface area (Å²) in [5, 5.41) is 0. The molecule has 0 N–H and O–H groups in total. The van der Waals surface area contributed by atoms with Gasteiger partial charge in [0.25, 0.3) is 5.91 Å². The van der Waals surface area contributed by atoms with Crippen LogP contribution in [-0.4, -0.2) is 28.5 Å². The number of carbonyl (C=O) groups excluding carboxylic acids is 1. The normalized spacial score (nSPS) is 15.2. The van der Waals surface area contributed by atoms with E-state index in [0.29, 0.717) is 17.9 Å². The molecule has 1 aromatic heterocycles. The highest BCUT2D eigenvalue weighted by Gasteiger charge is 2.29. The highest BCUT2D eigenvalue weighted by molar-refractivity contribution is 9.10. The Balaban J connectivity index is 2.21. The summed E-state index contributed by atoms with van der Waals surface area (Å²) in [7, 11) is 0. The van der Waals surface area contributed by atoms with Gasteiger partial charge in [0.1, 0.15) is 5.69 Å². The van der Waals surface area contributed by atoms with Gasteiger partial charge in [-0.3, -0.25) is 4.79 Å². The Morgan fingerprint density at radius 3 is 2.30 bits per heavy atom. The molecule has 0 aromatic carbocycles. The highest BCUT2D eigenvalue weighted by atomic mass is 79.9. The summed E-state index contributed by atoms with van der Waals surface area (Å²) in [5.74, 6) is 1.15. The van der Waals surface area contributed by atoms with Crippen molar-refractivity contribution in [1.82, 2.24) is 9.47 Å². The van der Waals surface area contributed by atoms with Gasteiger partial charge in [-0.05, 0) is 46.7 Å². The van der Waals surface area contributed by atoms with Crippen molar-refractivity contribution in [3.8, 4) is 0 Å². The molecule has 1 fully saturated rings. The molecule has 1 aromatic rings. The van der Waals surface area contributed by atoms with E-state index in [4.69, 9.17) is 0 Å². The molecule has 0 radical (unpaired) electrons. The Morgan fingerprint density at radius 2 is 1.85 bits per heavy atom. The van der Waals surface area contributed by atoms with Gasteiger partial charge >= 0.3 is 0 Å². The van der Waals surface area contributed by atoms with Crippen molar-refractivity contribution in [2.75, 3.05) is 13.1 Å². The first-order valence-corrected chi connectivity index (χ1v) is 8.34. The zero-order valence-corrected chi connectivity index (χ0v) is 14.5. The lowest BCUT2D eigenvalue weighted by molar-refractivity contribution is 0.0704. The number of amides is 1. The summed E-state index contributed by atoms with van der Waals surface area (Å²) in [6.07, 6.45) is 4.43. The second-order valence-electron chi connectivity index (χ2n) is 6.68. The van der Waals surface area contributed by atoms with E-state index < -0.39 is 0 Å². The second-order valence-corrected chi connectivity index (χ2v) is 7.60. The Kier molecular flexibility index (Phi) is 4.95. The van der Waals surface area contributed by atoms with Crippen LogP contribution in [0.15, 0.2) is 16.7 Å². The van der Waals surface area contributed by atoms with Crippen LogP contribution in [0.4, 0.5) is 0 Å². The molecule has 0 atom stereocenters. The van der Waals surface area contributed by atoms with Crippen LogP contribution >= 0.6 is 15.9 Å². The predicted molar refractivity (Wildman–Crippen MR) is 86.0 cm³/mol. The summed E-state index contributed by atoms with van der Waals surface area (Å²) < 4.78 is 3.15. The molecule has 0 unspecified atom stereocenters. The lowest BCUT2D eigenvalue weighted by atomic mass is 10.1. The van der Waals surface area contributed by atoms with Crippen molar-refractivity contribution >= 4 is 21.8 Å². The topological polar surface area (TPSA) is 25.2 Å². The minimum atomic E-state index is 0.171. The number of hydrogen-bond acceptors (Lipinski definition) is 1. The molecule has 0 saturated heterocycles. The van der Waals surface area contributed by atoms with Crippen LogP contribution in [0.2, 0.25) is 0 Å². The lowest BCUT2D eigenvalue weighted by Crippen LogP contribution is -2.38. The van der Waals surface area contributed by atoms with E-state index in [1.807, 2.05) is 17.2 Å². The number of nitrogens with zero attached hydrogens (tertiary/aromatic N) is 2. The maximum atomic E-state index is 12.9. The van der Waals surface area contributed by atoms with Crippen molar-refractivity contribution in [3.63, 3.8) is 0 Å². The van der Waals surface area contributed by atoms with Crippen molar-refractivity contribution in [1.29, 1.82) is 0 Å². The van der Waals surface area contributed by atoms with Gasteiger partial charge in [0, 0.05) is 29.8 Å². The Labute approximate surface area is 130 Å². The third-order valence-corrected chi connectivity index (χ3v) is 3.87. The van der Waals surface area contributed by atoms with Gasteiger partial charge in [-0.15, -0.1) is 0 Å². The van der Waals surface area contributed by atoms with E-state index in [9.17, 15) is 4.79 Å². The smallest absolute Gasteiger partial charge is 0.270 e. The van der Waals surface area contributed by atoms with Gasteiger partial charge in [0.05, 0.1) is 0 Å². The number of hydrogen-bond donors (Lipinski definition) is 0. The van der Waals surface area contributed by atoms with Crippen molar-refractivity contribution in [2.24, 2.45) is 11.8 Å². The van der Waals surface area contributed by atoms with Gasteiger partial charge in [-0.1, -0.05) is 27.7 Å². The Bertz CT molecular complexity index is 465. The molecule has 4 heteroatoms. The molecule has 1 amide bonds. The third kappa shape index (κ3) is 3.87. The lowest BCUT2D eigenvalue weighted by Gasteiger charge is -2.27. The Hall–Kier alpha value is -0.770. The highest BCUT2D eigenvalue weighted by Crippen LogP contribution is 2.37. The number of aromatic nitrogens is 1. The fraction of sp³-hybridized carbons (Fsp3) is 0.688. The summed E-state index contributed by atoms with van der Waals surface area (Å²) in [6.45, 7) is 10.3. The molecule has 0 aliphatic heterocycles. The van der Waals surface area contributed by atoms with Crippen LogP contribution < -0.4 is 0 Å². The van der Waals surface area contributed by atoms with Crippen LogP contribution in [0, 0.1) is 11.8 Å². The van der Waals surface area contributed by atoms with Gasteiger partial charge in [-0.2, -0.15) is 0 Å². The van der Waals surface area contributed by atoms with E-state index in [0.717, 1.165) is 23.3 Å². The van der Waals surface area contributed by atoms with E-state index in [1.54, 1.807) is 0 Å². The monoisotopic (exact) mass is 340 g/mol. The molecule has 1 heterocycles. The first-order chi connectivity index (χ1) is 9.38. The fourth-order valence-electron chi connectivity index (χ4n) is 2.56. The molecular weight excluding hydrogens is 316 g/mol. The van der Waals surface area contributed by atoms with Gasteiger partial charge in [0.2, 0.25) is 0 Å². The number of rotatable bonds is 6. The molecular formula is C16H25BrN2O. The summed E-state index contributed by atoms with van der Waals surface area (Å²) in [6, 6.07) is 2.49. The SMILES string of the molecule is CC(C)CN(CC(C)C)C(=O)c1cc(Br)cn1C1CC1. The predicted octanol–water partition coefficient (Wildman–Crippen LogP) is 4.34. The first kappa shape index (κ1) is 15.6. The number of halogens is 1. The quantitative estimate of drug-likeness (QED) is 0.756. The molecule has 1 saturated carbocycles. The minimum absolute atomic E-state index is 0.171. The van der Waals surface area contributed by atoms with Crippen molar-refractivity contribution in [3.05, 3.63) is 22.4 Å². The first-order valence-electron chi connectivity index (χ1n) is 7.55. The largest absolute Gasteiger partial charge is 0.339 e. The third-order valence-electron chi connectivity index (χ3n) is 3.43. The average Bonchev–Trinajstić information content (AvgIpc) is 3.09. The molecule has 112 valence electrons. The van der Waals surface area contributed by atoms with Crippen LogP contribution in [0.5, 0.6) is 0 Å². The molecule has 2 rings (SSSR count).